The summed E-state index contributed by atoms with van der Waals surface area (Å²) in [5.41, 5.74) is 4.68. The summed E-state index contributed by atoms with van der Waals surface area (Å²) < 4.78 is 5.55. The van der Waals surface area contributed by atoms with Crippen molar-refractivity contribution in [1.29, 1.82) is 0 Å². The molecule has 4 rings (SSSR count). The molecule has 0 bridgehead atoms. The van der Waals surface area contributed by atoms with Gasteiger partial charge in [0.15, 0.2) is 0 Å². The van der Waals surface area contributed by atoms with Crippen molar-refractivity contribution >= 4 is 18.0 Å². The van der Waals surface area contributed by atoms with E-state index in [1.54, 1.807) is 0 Å². The molecule has 2 aliphatic rings. The van der Waals surface area contributed by atoms with Gasteiger partial charge in [-0.15, -0.1) is 0 Å². The highest BCUT2D eigenvalue weighted by Gasteiger charge is 2.43. The topological polar surface area (TPSA) is 105 Å². The van der Waals surface area contributed by atoms with Crippen LogP contribution in [0.5, 0.6) is 0 Å². The van der Waals surface area contributed by atoms with Crippen molar-refractivity contribution in [3.63, 3.8) is 0 Å². The molecular weight excluding hydrogens is 432 g/mol. The van der Waals surface area contributed by atoms with E-state index in [1.165, 1.54) is 11.1 Å². The van der Waals surface area contributed by atoms with Gasteiger partial charge in [-0.1, -0.05) is 68.3 Å². The van der Waals surface area contributed by atoms with Gasteiger partial charge >= 0.3 is 12.1 Å². The molecule has 3 N–H and O–H groups in total. The van der Waals surface area contributed by atoms with Gasteiger partial charge < -0.3 is 20.5 Å². The molecule has 1 unspecified atom stereocenters. The van der Waals surface area contributed by atoms with Crippen LogP contribution in [-0.2, 0) is 14.3 Å². The Morgan fingerprint density at radius 2 is 1.71 bits per heavy atom. The molecular formula is C27H32N2O5. The lowest BCUT2D eigenvalue weighted by Gasteiger charge is -2.17. The van der Waals surface area contributed by atoms with Gasteiger partial charge in [0.2, 0.25) is 5.91 Å². The van der Waals surface area contributed by atoms with Crippen molar-refractivity contribution in [1.82, 2.24) is 10.6 Å². The summed E-state index contributed by atoms with van der Waals surface area (Å²) in [4.78, 5) is 35.9. The fraction of sp³-hybridized carbons (Fsp3) is 0.444. The lowest BCUT2D eigenvalue weighted by molar-refractivity contribution is -0.137. The smallest absolute Gasteiger partial charge is 0.407 e. The van der Waals surface area contributed by atoms with E-state index in [9.17, 15) is 14.4 Å². The summed E-state index contributed by atoms with van der Waals surface area (Å²) in [6.07, 6.45) is 2.60. The number of nitrogens with one attached hydrogen (secondary N) is 2. The zero-order valence-electron chi connectivity index (χ0n) is 19.5. The fourth-order valence-corrected chi connectivity index (χ4v) is 4.85. The van der Waals surface area contributed by atoms with E-state index in [2.05, 4.69) is 34.9 Å². The van der Waals surface area contributed by atoms with Gasteiger partial charge in [-0.25, -0.2) is 4.79 Å². The van der Waals surface area contributed by atoms with Crippen LogP contribution < -0.4 is 10.6 Å². The van der Waals surface area contributed by atoms with Gasteiger partial charge in [-0.3, -0.25) is 9.59 Å². The minimum Gasteiger partial charge on any atom is -0.481 e. The van der Waals surface area contributed by atoms with E-state index in [0.717, 1.165) is 24.0 Å². The van der Waals surface area contributed by atoms with Crippen LogP contribution in [0.4, 0.5) is 4.79 Å². The number of fused-ring (bicyclic) bond motifs is 3. The highest BCUT2D eigenvalue weighted by molar-refractivity contribution is 5.82. The van der Waals surface area contributed by atoms with Gasteiger partial charge in [0.25, 0.3) is 0 Å². The highest BCUT2D eigenvalue weighted by Crippen LogP contribution is 2.44. The van der Waals surface area contributed by atoms with Gasteiger partial charge in [0.1, 0.15) is 6.61 Å². The molecule has 2 aromatic rings. The van der Waals surface area contributed by atoms with Crippen LogP contribution in [0.2, 0.25) is 0 Å². The van der Waals surface area contributed by atoms with Gasteiger partial charge in [0.05, 0.1) is 6.42 Å². The third-order valence-corrected chi connectivity index (χ3v) is 6.79. The Kier molecular flexibility index (Phi) is 7.50. The molecule has 3 atom stereocenters. The number of hydrogen-bond acceptors (Lipinski definition) is 4. The fourth-order valence-electron chi connectivity index (χ4n) is 4.85. The second kappa shape index (κ2) is 10.7. The largest absolute Gasteiger partial charge is 0.481 e. The van der Waals surface area contributed by atoms with Crippen LogP contribution in [0.25, 0.3) is 11.1 Å². The monoisotopic (exact) mass is 464 g/mol. The third-order valence-electron chi connectivity index (χ3n) is 6.79. The molecule has 0 spiro atoms. The Bertz CT molecular complexity index is 1010. The molecule has 2 amide bonds. The van der Waals surface area contributed by atoms with Crippen LogP contribution in [0.1, 0.15) is 56.1 Å². The van der Waals surface area contributed by atoms with E-state index in [4.69, 9.17) is 9.84 Å². The predicted molar refractivity (Wildman–Crippen MR) is 128 cm³/mol. The maximum absolute atomic E-state index is 12.5. The Morgan fingerprint density at radius 3 is 2.32 bits per heavy atom. The Balaban J connectivity index is 1.23. The summed E-state index contributed by atoms with van der Waals surface area (Å²) in [5.74, 6) is -1.16. The van der Waals surface area contributed by atoms with Gasteiger partial charge in [-0.2, -0.15) is 0 Å². The molecule has 2 aliphatic carbocycles. The molecule has 0 aromatic heterocycles. The number of carboxylic acid groups (broad SMARTS) is 1. The number of hydrogen-bond donors (Lipinski definition) is 3. The molecule has 7 heteroatoms. The maximum atomic E-state index is 12.5. The summed E-state index contributed by atoms with van der Waals surface area (Å²) in [6, 6.07) is 16.0. The minimum atomic E-state index is -0.911. The third kappa shape index (κ3) is 5.58. The first-order chi connectivity index (χ1) is 16.5. The van der Waals surface area contributed by atoms with Crippen molar-refractivity contribution < 1.29 is 24.2 Å². The number of unbranched alkanes of at least 4 members (excludes halogenated alkanes) is 1. The first-order valence-electron chi connectivity index (χ1n) is 12.1. The zero-order chi connectivity index (χ0) is 24.1. The number of aliphatic carboxylic acids is 1. The summed E-state index contributed by atoms with van der Waals surface area (Å²) >= 11 is 0. The lowest BCUT2D eigenvalue weighted by atomic mass is 9.98. The van der Waals surface area contributed by atoms with Crippen molar-refractivity contribution in [2.45, 2.75) is 51.0 Å². The lowest BCUT2D eigenvalue weighted by Crippen LogP contribution is -2.38. The number of benzene rings is 2. The molecule has 1 fully saturated rings. The summed E-state index contributed by atoms with van der Waals surface area (Å²) in [7, 11) is 0. The number of carbonyl (C=O) groups excluding carboxylic acids is 2. The van der Waals surface area contributed by atoms with Crippen molar-refractivity contribution in [2.75, 3.05) is 13.2 Å². The Morgan fingerprint density at radius 1 is 1.06 bits per heavy atom. The van der Waals surface area contributed by atoms with Crippen LogP contribution >= 0.6 is 0 Å². The van der Waals surface area contributed by atoms with E-state index in [1.807, 2.05) is 31.2 Å². The van der Waals surface area contributed by atoms with Gasteiger partial charge in [-0.05, 0) is 41.0 Å². The van der Waals surface area contributed by atoms with E-state index < -0.39 is 12.1 Å². The van der Waals surface area contributed by atoms with Crippen molar-refractivity contribution in [3.8, 4) is 11.1 Å². The Labute approximate surface area is 199 Å². The molecule has 180 valence electrons. The van der Waals surface area contributed by atoms with Crippen molar-refractivity contribution in [3.05, 3.63) is 59.7 Å². The number of carboxylic acids is 1. The highest BCUT2D eigenvalue weighted by atomic mass is 16.5. The average Bonchev–Trinajstić information content (AvgIpc) is 3.55. The molecule has 0 heterocycles. The minimum absolute atomic E-state index is 0.00638. The van der Waals surface area contributed by atoms with E-state index in [-0.39, 0.29) is 42.7 Å². The number of alkyl carbamates (subject to hydrolysis) is 1. The maximum Gasteiger partial charge on any atom is 0.407 e. The standard InChI is InChI=1S/C27H32N2O5/c1-2-3-8-18(14-25(30)31)29-26(32)23-13-17(23)15-28-27(33)34-16-24-21-11-6-4-9-19(21)20-10-5-7-12-22(20)24/h4-7,9-12,17-18,23-24H,2-3,8,13-16H2,1H3,(H,28,33)(H,29,32)(H,30,31)/t17-,18?,23-/m1/s1. The molecule has 34 heavy (non-hydrogen) atoms. The second-order valence-corrected chi connectivity index (χ2v) is 9.25. The molecule has 7 nitrogen and oxygen atoms in total. The number of carbonyl (C=O) groups is 3. The molecule has 0 saturated heterocycles. The molecule has 2 aromatic carbocycles. The molecule has 1 saturated carbocycles. The van der Waals surface area contributed by atoms with E-state index in [0.29, 0.717) is 19.4 Å². The van der Waals surface area contributed by atoms with Crippen LogP contribution in [-0.4, -0.2) is 42.3 Å². The molecule has 0 aliphatic heterocycles. The summed E-state index contributed by atoms with van der Waals surface area (Å²) in [6.45, 7) is 2.65. The van der Waals surface area contributed by atoms with Crippen LogP contribution in [0, 0.1) is 11.8 Å². The van der Waals surface area contributed by atoms with E-state index >= 15 is 0 Å². The number of rotatable bonds is 11. The predicted octanol–water partition coefficient (Wildman–Crippen LogP) is 4.31. The quantitative estimate of drug-likeness (QED) is 0.460. The van der Waals surface area contributed by atoms with Gasteiger partial charge in [0, 0.05) is 24.4 Å². The first-order valence-corrected chi connectivity index (χ1v) is 12.1. The normalized spacial score (nSPS) is 19.0. The Hall–Kier alpha value is -3.35. The second-order valence-electron chi connectivity index (χ2n) is 9.25. The SMILES string of the molecule is CCCCC(CC(=O)O)NC(=O)[C@@H]1C[C@@H]1CNC(=O)OCC1c2ccccc2-c2ccccc21. The zero-order valence-corrected chi connectivity index (χ0v) is 19.5. The van der Waals surface area contributed by atoms with Crippen LogP contribution in [0.3, 0.4) is 0 Å². The average molecular weight is 465 g/mol. The number of amides is 2. The first kappa shape index (κ1) is 23.8. The number of ether oxygens (including phenoxy) is 1. The van der Waals surface area contributed by atoms with Crippen LogP contribution in [0.15, 0.2) is 48.5 Å². The molecule has 0 radical (unpaired) electrons. The summed E-state index contributed by atoms with van der Waals surface area (Å²) in [5, 5.41) is 14.7. The van der Waals surface area contributed by atoms with Crippen molar-refractivity contribution in [2.24, 2.45) is 11.8 Å².